The van der Waals surface area contributed by atoms with Crippen LogP contribution >= 0.6 is 0 Å². The van der Waals surface area contributed by atoms with Gasteiger partial charge >= 0.3 is 0 Å². The first-order chi connectivity index (χ1) is 8.27. The van der Waals surface area contributed by atoms with Crippen LogP contribution in [0.5, 0.6) is 0 Å². The maximum Gasteiger partial charge on any atom is 0.0705 e. The SMILES string of the molecule is CC(C)CONCc1cccc2ccccc12. The number of hydrogen-bond donors (Lipinski definition) is 1. The molecule has 2 aromatic rings. The third-order valence-electron chi connectivity index (χ3n) is 2.66. The van der Waals surface area contributed by atoms with Crippen LogP contribution in [0.3, 0.4) is 0 Å². The first-order valence-electron chi connectivity index (χ1n) is 6.08. The monoisotopic (exact) mass is 229 g/mol. The molecule has 0 aromatic heterocycles. The number of benzene rings is 2. The molecule has 2 nitrogen and oxygen atoms in total. The lowest BCUT2D eigenvalue weighted by atomic mass is 10.1. The molecule has 2 heteroatoms. The fraction of sp³-hybridized carbons (Fsp3) is 0.333. The van der Waals surface area contributed by atoms with Gasteiger partial charge in [0.2, 0.25) is 0 Å². The fourth-order valence-electron chi connectivity index (χ4n) is 1.80. The van der Waals surface area contributed by atoms with Crippen molar-refractivity contribution < 1.29 is 4.84 Å². The van der Waals surface area contributed by atoms with E-state index in [1.807, 2.05) is 0 Å². The maximum atomic E-state index is 5.40. The van der Waals surface area contributed by atoms with Gasteiger partial charge in [0.25, 0.3) is 0 Å². The number of fused-ring (bicyclic) bond motifs is 1. The average Bonchev–Trinajstić information content (AvgIpc) is 2.34. The highest BCUT2D eigenvalue weighted by atomic mass is 16.6. The van der Waals surface area contributed by atoms with Crippen LogP contribution in [0.25, 0.3) is 10.8 Å². The fourth-order valence-corrected chi connectivity index (χ4v) is 1.80. The lowest BCUT2D eigenvalue weighted by Gasteiger charge is -2.10. The number of hydrogen-bond acceptors (Lipinski definition) is 2. The van der Waals surface area contributed by atoms with Crippen LogP contribution in [0.1, 0.15) is 19.4 Å². The van der Waals surface area contributed by atoms with Gasteiger partial charge in [-0.05, 0) is 22.3 Å². The molecule has 90 valence electrons. The summed E-state index contributed by atoms with van der Waals surface area (Å²) in [5.74, 6) is 0.551. The topological polar surface area (TPSA) is 21.3 Å². The van der Waals surface area contributed by atoms with Crippen LogP contribution in [0.2, 0.25) is 0 Å². The van der Waals surface area contributed by atoms with Crippen molar-refractivity contribution in [3.05, 3.63) is 48.0 Å². The van der Waals surface area contributed by atoms with Gasteiger partial charge in [0.05, 0.1) is 6.61 Å². The molecule has 0 saturated heterocycles. The molecule has 0 atom stereocenters. The Morgan fingerprint density at radius 2 is 1.82 bits per heavy atom. The van der Waals surface area contributed by atoms with E-state index >= 15 is 0 Å². The molecule has 1 N–H and O–H groups in total. The quantitative estimate of drug-likeness (QED) is 0.625. The van der Waals surface area contributed by atoms with Crippen molar-refractivity contribution in [2.75, 3.05) is 6.61 Å². The summed E-state index contributed by atoms with van der Waals surface area (Å²) < 4.78 is 0. The first kappa shape index (κ1) is 12.1. The Hall–Kier alpha value is -1.38. The first-order valence-corrected chi connectivity index (χ1v) is 6.08. The Morgan fingerprint density at radius 1 is 1.06 bits per heavy atom. The summed E-state index contributed by atoms with van der Waals surface area (Å²) >= 11 is 0. The second-order valence-electron chi connectivity index (χ2n) is 4.66. The summed E-state index contributed by atoms with van der Waals surface area (Å²) in [4.78, 5) is 5.40. The second-order valence-corrected chi connectivity index (χ2v) is 4.66. The van der Waals surface area contributed by atoms with Crippen LogP contribution in [-0.2, 0) is 11.4 Å². The van der Waals surface area contributed by atoms with Crippen LogP contribution in [-0.4, -0.2) is 6.61 Å². The Kier molecular flexibility index (Phi) is 4.13. The minimum absolute atomic E-state index is 0.551. The molecule has 0 unspecified atom stereocenters. The summed E-state index contributed by atoms with van der Waals surface area (Å²) in [6.07, 6.45) is 0. The summed E-state index contributed by atoms with van der Waals surface area (Å²) in [5, 5.41) is 2.56. The summed E-state index contributed by atoms with van der Waals surface area (Å²) in [5.41, 5.74) is 4.30. The van der Waals surface area contributed by atoms with E-state index in [9.17, 15) is 0 Å². The molecular weight excluding hydrogens is 210 g/mol. The van der Waals surface area contributed by atoms with Crippen LogP contribution in [0.4, 0.5) is 0 Å². The molecule has 0 bridgehead atoms. The van der Waals surface area contributed by atoms with E-state index in [1.165, 1.54) is 16.3 Å². The van der Waals surface area contributed by atoms with Crippen molar-refractivity contribution in [1.82, 2.24) is 5.48 Å². The van der Waals surface area contributed by atoms with E-state index in [0.717, 1.165) is 13.2 Å². The van der Waals surface area contributed by atoms with E-state index in [1.54, 1.807) is 0 Å². The number of rotatable bonds is 5. The van der Waals surface area contributed by atoms with E-state index < -0.39 is 0 Å². The Morgan fingerprint density at radius 3 is 2.65 bits per heavy atom. The second kappa shape index (κ2) is 5.80. The van der Waals surface area contributed by atoms with Crippen LogP contribution in [0.15, 0.2) is 42.5 Å². The number of hydroxylamine groups is 1. The van der Waals surface area contributed by atoms with E-state index in [2.05, 4.69) is 61.8 Å². The summed E-state index contributed by atoms with van der Waals surface area (Å²) in [6, 6.07) is 14.8. The van der Waals surface area contributed by atoms with Gasteiger partial charge in [-0.15, -0.1) is 0 Å². The van der Waals surface area contributed by atoms with Crippen molar-refractivity contribution in [1.29, 1.82) is 0 Å². The van der Waals surface area contributed by atoms with Gasteiger partial charge in [-0.1, -0.05) is 56.3 Å². The Labute approximate surface area is 103 Å². The highest BCUT2D eigenvalue weighted by Gasteiger charge is 2.00. The lowest BCUT2D eigenvalue weighted by molar-refractivity contribution is 0.0198. The molecule has 0 amide bonds. The van der Waals surface area contributed by atoms with Crippen molar-refractivity contribution in [3.8, 4) is 0 Å². The highest BCUT2D eigenvalue weighted by Crippen LogP contribution is 2.18. The third-order valence-corrected chi connectivity index (χ3v) is 2.66. The third kappa shape index (κ3) is 3.29. The van der Waals surface area contributed by atoms with Crippen LogP contribution < -0.4 is 5.48 Å². The zero-order chi connectivity index (χ0) is 12.1. The van der Waals surface area contributed by atoms with Crippen molar-refractivity contribution in [2.45, 2.75) is 20.4 Å². The summed E-state index contributed by atoms with van der Waals surface area (Å²) in [7, 11) is 0. The molecule has 17 heavy (non-hydrogen) atoms. The molecular formula is C15H19NO. The Bertz CT molecular complexity index is 474. The zero-order valence-corrected chi connectivity index (χ0v) is 10.4. The summed E-state index contributed by atoms with van der Waals surface area (Å²) in [6.45, 7) is 5.76. The van der Waals surface area contributed by atoms with Crippen molar-refractivity contribution >= 4 is 10.8 Å². The predicted molar refractivity (Wildman–Crippen MR) is 71.6 cm³/mol. The van der Waals surface area contributed by atoms with Gasteiger partial charge in [-0.2, -0.15) is 5.48 Å². The smallest absolute Gasteiger partial charge is 0.0705 e. The van der Waals surface area contributed by atoms with E-state index in [4.69, 9.17) is 4.84 Å². The van der Waals surface area contributed by atoms with Gasteiger partial charge < -0.3 is 4.84 Å². The minimum atomic E-state index is 0.551. The molecule has 0 aliphatic rings. The minimum Gasteiger partial charge on any atom is -0.301 e. The molecule has 2 aromatic carbocycles. The van der Waals surface area contributed by atoms with Gasteiger partial charge in [0.1, 0.15) is 0 Å². The standard InChI is InChI=1S/C15H19NO/c1-12(2)11-17-16-10-14-8-5-7-13-6-3-4-9-15(13)14/h3-9,12,16H,10-11H2,1-2H3. The normalized spacial score (nSPS) is 11.2. The van der Waals surface area contributed by atoms with E-state index in [0.29, 0.717) is 5.92 Å². The zero-order valence-electron chi connectivity index (χ0n) is 10.4. The molecule has 0 radical (unpaired) electrons. The average molecular weight is 229 g/mol. The largest absolute Gasteiger partial charge is 0.301 e. The van der Waals surface area contributed by atoms with Crippen molar-refractivity contribution in [3.63, 3.8) is 0 Å². The predicted octanol–water partition coefficient (Wildman–Crippen LogP) is 3.52. The van der Waals surface area contributed by atoms with Crippen molar-refractivity contribution in [2.24, 2.45) is 5.92 Å². The van der Waals surface area contributed by atoms with Gasteiger partial charge in [0, 0.05) is 6.54 Å². The molecule has 2 rings (SSSR count). The van der Waals surface area contributed by atoms with Crippen LogP contribution in [0, 0.1) is 5.92 Å². The highest BCUT2D eigenvalue weighted by molar-refractivity contribution is 5.85. The van der Waals surface area contributed by atoms with Gasteiger partial charge in [0.15, 0.2) is 0 Å². The number of nitrogens with one attached hydrogen (secondary N) is 1. The molecule has 0 saturated carbocycles. The molecule has 0 heterocycles. The van der Waals surface area contributed by atoms with E-state index in [-0.39, 0.29) is 0 Å². The van der Waals surface area contributed by atoms with Gasteiger partial charge in [-0.25, -0.2) is 0 Å². The molecule has 0 fully saturated rings. The Balaban J connectivity index is 2.03. The molecule has 0 spiro atoms. The molecule has 0 aliphatic heterocycles. The van der Waals surface area contributed by atoms with Gasteiger partial charge in [-0.3, -0.25) is 0 Å². The molecule has 0 aliphatic carbocycles. The lowest BCUT2D eigenvalue weighted by Crippen LogP contribution is -2.17. The maximum absolute atomic E-state index is 5.40.